The summed E-state index contributed by atoms with van der Waals surface area (Å²) in [4.78, 5) is 32.1. The highest BCUT2D eigenvalue weighted by Crippen LogP contribution is 2.38. The predicted molar refractivity (Wildman–Crippen MR) is 125 cm³/mol. The summed E-state index contributed by atoms with van der Waals surface area (Å²) in [7, 11) is 0. The standard InChI is InChI=1S/C24H29N7O/c25-22-21-17(15-5-2-1-3-6-15)13-19(30-24(21)28-14-27-22)18-7-4-8-20(29-18)31-11-9-16(10-12-31)23(26)32/h4,7-8,13-16H,1-3,5-6,9-12H2,(H2,26,32)(H2,25,27,28,30). The van der Waals surface area contributed by atoms with E-state index in [1.165, 1.54) is 31.2 Å². The number of amides is 1. The molecule has 166 valence electrons. The molecule has 32 heavy (non-hydrogen) atoms. The molecule has 1 saturated carbocycles. The molecule has 1 aliphatic heterocycles. The largest absolute Gasteiger partial charge is 0.383 e. The van der Waals surface area contributed by atoms with Crippen molar-refractivity contribution in [2.75, 3.05) is 23.7 Å². The Hall–Kier alpha value is -3.29. The highest BCUT2D eigenvalue weighted by atomic mass is 16.1. The fourth-order valence-electron chi connectivity index (χ4n) is 5.12. The minimum Gasteiger partial charge on any atom is -0.383 e. The first-order valence-corrected chi connectivity index (χ1v) is 11.5. The van der Waals surface area contributed by atoms with Gasteiger partial charge in [-0.2, -0.15) is 0 Å². The maximum Gasteiger partial charge on any atom is 0.220 e. The van der Waals surface area contributed by atoms with Gasteiger partial charge in [0, 0.05) is 19.0 Å². The molecule has 1 saturated heterocycles. The first-order chi connectivity index (χ1) is 15.6. The molecule has 4 heterocycles. The number of anilines is 2. The third kappa shape index (κ3) is 3.97. The Balaban J connectivity index is 1.51. The minimum atomic E-state index is -0.205. The second-order valence-electron chi connectivity index (χ2n) is 8.93. The van der Waals surface area contributed by atoms with E-state index in [0.717, 1.165) is 61.4 Å². The third-order valence-electron chi connectivity index (χ3n) is 6.93. The number of fused-ring (bicyclic) bond motifs is 1. The Morgan fingerprint density at radius 3 is 2.50 bits per heavy atom. The average Bonchev–Trinajstić information content (AvgIpc) is 2.84. The zero-order valence-electron chi connectivity index (χ0n) is 18.2. The second-order valence-corrected chi connectivity index (χ2v) is 8.93. The van der Waals surface area contributed by atoms with E-state index < -0.39 is 0 Å². The summed E-state index contributed by atoms with van der Waals surface area (Å²) < 4.78 is 0. The van der Waals surface area contributed by atoms with E-state index in [9.17, 15) is 4.79 Å². The van der Waals surface area contributed by atoms with Gasteiger partial charge < -0.3 is 16.4 Å². The van der Waals surface area contributed by atoms with Gasteiger partial charge in [-0.05, 0) is 55.4 Å². The molecule has 8 heteroatoms. The molecule has 0 radical (unpaired) electrons. The molecule has 0 aromatic carbocycles. The van der Waals surface area contributed by atoms with Crippen LogP contribution in [0.4, 0.5) is 11.6 Å². The van der Waals surface area contributed by atoms with Gasteiger partial charge in [0.1, 0.15) is 18.0 Å². The smallest absolute Gasteiger partial charge is 0.220 e. The Bertz CT molecular complexity index is 1130. The van der Waals surface area contributed by atoms with Crippen LogP contribution in [-0.2, 0) is 4.79 Å². The molecular weight excluding hydrogens is 402 g/mol. The van der Waals surface area contributed by atoms with Gasteiger partial charge in [-0.25, -0.2) is 19.9 Å². The predicted octanol–water partition coefficient (Wildman–Crippen LogP) is 3.42. The Labute approximate surface area is 187 Å². The van der Waals surface area contributed by atoms with Gasteiger partial charge in [-0.1, -0.05) is 25.3 Å². The highest BCUT2D eigenvalue weighted by molar-refractivity contribution is 5.90. The fraction of sp³-hybridized carbons (Fsp3) is 0.458. The van der Waals surface area contributed by atoms with Crippen LogP contribution in [0.25, 0.3) is 22.4 Å². The van der Waals surface area contributed by atoms with E-state index in [2.05, 4.69) is 20.9 Å². The van der Waals surface area contributed by atoms with Crippen LogP contribution in [0.1, 0.15) is 56.4 Å². The SMILES string of the molecule is NC(=O)C1CCN(c2cccc(-c3cc(C4CCCCC4)c4c(N)ncnc4n3)n2)CC1. The van der Waals surface area contributed by atoms with Crippen molar-refractivity contribution >= 4 is 28.6 Å². The summed E-state index contributed by atoms with van der Waals surface area (Å²) in [6, 6.07) is 8.15. The van der Waals surface area contributed by atoms with Crippen LogP contribution in [0.2, 0.25) is 0 Å². The molecule has 3 aromatic rings. The lowest BCUT2D eigenvalue weighted by atomic mass is 9.82. The first-order valence-electron chi connectivity index (χ1n) is 11.5. The molecule has 4 N–H and O–H groups in total. The number of nitrogens with zero attached hydrogens (tertiary/aromatic N) is 5. The zero-order valence-corrected chi connectivity index (χ0v) is 18.2. The van der Waals surface area contributed by atoms with Crippen molar-refractivity contribution in [3.8, 4) is 11.4 Å². The van der Waals surface area contributed by atoms with Crippen molar-refractivity contribution in [2.24, 2.45) is 11.7 Å². The van der Waals surface area contributed by atoms with Gasteiger partial charge in [-0.15, -0.1) is 0 Å². The maximum absolute atomic E-state index is 11.5. The van der Waals surface area contributed by atoms with Crippen molar-refractivity contribution < 1.29 is 4.79 Å². The normalized spacial score (nSPS) is 18.2. The van der Waals surface area contributed by atoms with Crippen LogP contribution in [0.15, 0.2) is 30.6 Å². The molecule has 8 nitrogen and oxygen atoms in total. The highest BCUT2D eigenvalue weighted by Gasteiger charge is 2.25. The Kier molecular flexibility index (Phi) is 5.59. The van der Waals surface area contributed by atoms with Crippen LogP contribution < -0.4 is 16.4 Å². The van der Waals surface area contributed by atoms with E-state index in [4.69, 9.17) is 21.4 Å². The molecule has 0 bridgehead atoms. The summed E-state index contributed by atoms with van der Waals surface area (Å²) in [6.45, 7) is 1.54. The number of pyridine rings is 2. The molecule has 0 atom stereocenters. The molecule has 1 amide bonds. The molecule has 2 aliphatic rings. The Morgan fingerprint density at radius 2 is 1.75 bits per heavy atom. The van der Waals surface area contributed by atoms with E-state index in [1.54, 1.807) is 0 Å². The van der Waals surface area contributed by atoms with Gasteiger partial charge >= 0.3 is 0 Å². The number of rotatable bonds is 4. The molecule has 0 spiro atoms. The topological polar surface area (TPSA) is 124 Å². The molecule has 2 fully saturated rings. The van der Waals surface area contributed by atoms with Gasteiger partial charge in [0.05, 0.1) is 16.8 Å². The molecule has 0 unspecified atom stereocenters. The average molecular weight is 432 g/mol. The number of hydrogen-bond acceptors (Lipinski definition) is 7. The minimum absolute atomic E-state index is 0.0419. The van der Waals surface area contributed by atoms with E-state index >= 15 is 0 Å². The lowest BCUT2D eigenvalue weighted by Gasteiger charge is -2.31. The van der Waals surface area contributed by atoms with Crippen molar-refractivity contribution in [1.29, 1.82) is 0 Å². The summed E-state index contributed by atoms with van der Waals surface area (Å²) in [5, 5.41) is 0.882. The number of piperidine rings is 1. The lowest BCUT2D eigenvalue weighted by molar-refractivity contribution is -0.122. The monoisotopic (exact) mass is 431 g/mol. The summed E-state index contributed by atoms with van der Waals surface area (Å²) in [6.07, 6.45) is 9.04. The van der Waals surface area contributed by atoms with Crippen LogP contribution in [0.3, 0.4) is 0 Å². The second kappa shape index (κ2) is 8.68. The number of nitrogens with two attached hydrogens (primary N) is 2. The zero-order chi connectivity index (χ0) is 22.1. The summed E-state index contributed by atoms with van der Waals surface area (Å²) in [5.74, 6) is 1.59. The maximum atomic E-state index is 11.5. The molecular formula is C24H29N7O. The van der Waals surface area contributed by atoms with Crippen LogP contribution in [-0.4, -0.2) is 38.9 Å². The first kappa shape index (κ1) is 20.6. The molecule has 5 rings (SSSR count). The van der Waals surface area contributed by atoms with Crippen LogP contribution >= 0.6 is 0 Å². The van der Waals surface area contributed by atoms with E-state index in [0.29, 0.717) is 17.4 Å². The van der Waals surface area contributed by atoms with E-state index in [-0.39, 0.29) is 11.8 Å². The number of aromatic nitrogens is 4. The third-order valence-corrected chi connectivity index (χ3v) is 6.93. The summed E-state index contributed by atoms with van der Waals surface area (Å²) >= 11 is 0. The molecule has 1 aliphatic carbocycles. The van der Waals surface area contributed by atoms with Crippen LogP contribution in [0.5, 0.6) is 0 Å². The van der Waals surface area contributed by atoms with Crippen molar-refractivity contribution in [2.45, 2.75) is 50.9 Å². The Morgan fingerprint density at radius 1 is 0.969 bits per heavy atom. The fourth-order valence-corrected chi connectivity index (χ4v) is 5.12. The molecule has 3 aromatic heterocycles. The van der Waals surface area contributed by atoms with Crippen molar-refractivity contribution in [1.82, 2.24) is 19.9 Å². The number of carbonyl (C=O) groups excluding carboxylic acids is 1. The van der Waals surface area contributed by atoms with Gasteiger partial charge in [0.25, 0.3) is 0 Å². The lowest BCUT2D eigenvalue weighted by Crippen LogP contribution is -2.38. The van der Waals surface area contributed by atoms with Crippen molar-refractivity contribution in [3.63, 3.8) is 0 Å². The quantitative estimate of drug-likeness (QED) is 0.648. The van der Waals surface area contributed by atoms with E-state index in [1.807, 2.05) is 18.2 Å². The number of primary amides is 1. The van der Waals surface area contributed by atoms with Crippen LogP contribution in [0, 0.1) is 5.92 Å². The van der Waals surface area contributed by atoms with Gasteiger partial charge in [0.15, 0.2) is 5.65 Å². The van der Waals surface area contributed by atoms with Crippen molar-refractivity contribution in [3.05, 3.63) is 36.2 Å². The number of hydrogen-bond donors (Lipinski definition) is 2. The summed E-state index contributed by atoms with van der Waals surface area (Å²) in [5.41, 5.74) is 15.2. The van der Waals surface area contributed by atoms with Gasteiger partial charge in [0.2, 0.25) is 5.91 Å². The number of carbonyl (C=O) groups is 1. The number of nitrogen functional groups attached to an aromatic ring is 1. The van der Waals surface area contributed by atoms with Gasteiger partial charge in [-0.3, -0.25) is 4.79 Å².